The van der Waals surface area contributed by atoms with Gasteiger partial charge in [-0.15, -0.1) is 0 Å². The van der Waals surface area contributed by atoms with Crippen molar-refractivity contribution in [1.82, 2.24) is 15.3 Å². The maximum atomic E-state index is 13.5. The molecule has 0 saturated heterocycles. The van der Waals surface area contributed by atoms with Crippen LogP contribution in [0.3, 0.4) is 0 Å². The van der Waals surface area contributed by atoms with E-state index in [0.29, 0.717) is 11.0 Å². The van der Waals surface area contributed by atoms with Crippen molar-refractivity contribution in [2.75, 3.05) is 11.9 Å². The Morgan fingerprint density at radius 1 is 1.06 bits per heavy atom. The number of benzene rings is 2. The lowest BCUT2D eigenvalue weighted by molar-refractivity contribution is -0.135. The molecule has 0 unspecified atom stereocenters. The smallest absolute Gasteiger partial charge is 0.258 e. The van der Waals surface area contributed by atoms with Crippen molar-refractivity contribution in [3.8, 4) is 17.0 Å². The fourth-order valence-corrected chi connectivity index (χ4v) is 4.78. The number of carbonyl (C=O) groups is 1. The molecule has 3 fully saturated rings. The van der Waals surface area contributed by atoms with Crippen molar-refractivity contribution in [3.63, 3.8) is 0 Å². The van der Waals surface area contributed by atoms with Crippen LogP contribution < -0.4 is 15.4 Å². The fourth-order valence-electron chi connectivity index (χ4n) is 4.54. The largest absolute Gasteiger partial charge is 0.484 e. The molecular weight excluding hydrogens is 454 g/mol. The van der Waals surface area contributed by atoms with E-state index in [-0.39, 0.29) is 34.4 Å². The molecule has 1 amide bonds. The molecule has 9 heteroatoms. The standard InChI is InChI=1S/C23H19Cl2FN4O2/c24-15-3-1-14(2-4-15)19-7-8-27-21(28-19)30-23-11-22(12-23,13-23)29-20(31)10-32-16-5-6-17(25)18(26)9-16/h1-9H,10-13H2,(H,29,31)(H,27,28,30). The van der Waals surface area contributed by atoms with Crippen LogP contribution in [-0.4, -0.2) is 33.6 Å². The van der Waals surface area contributed by atoms with E-state index in [0.717, 1.165) is 36.6 Å². The summed E-state index contributed by atoms with van der Waals surface area (Å²) in [6, 6.07) is 13.4. The minimum atomic E-state index is -0.584. The van der Waals surface area contributed by atoms with Gasteiger partial charge in [-0.3, -0.25) is 4.79 Å². The highest BCUT2D eigenvalue weighted by Crippen LogP contribution is 2.61. The molecule has 2 bridgehead atoms. The topological polar surface area (TPSA) is 76.1 Å². The van der Waals surface area contributed by atoms with E-state index < -0.39 is 5.82 Å². The average molecular weight is 473 g/mol. The predicted octanol–water partition coefficient (Wildman–Crippen LogP) is 4.87. The van der Waals surface area contributed by atoms with E-state index >= 15 is 0 Å². The van der Waals surface area contributed by atoms with Gasteiger partial charge in [0.15, 0.2) is 6.61 Å². The Labute approximate surface area is 194 Å². The quantitative estimate of drug-likeness (QED) is 0.512. The van der Waals surface area contributed by atoms with E-state index in [1.165, 1.54) is 12.1 Å². The number of anilines is 1. The second-order valence-electron chi connectivity index (χ2n) is 8.40. The molecule has 0 spiro atoms. The summed E-state index contributed by atoms with van der Waals surface area (Å²) in [4.78, 5) is 21.2. The van der Waals surface area contributed by atoms with Gasteiger partial charge in [0.2, 0.25) is 5.95 Å². The van der Waals surface area contributed by atoms with Crippen molar-refractivity contribution in [1.29, 1.82) is 0 Å². The molecule has 32 heavy (non-hydrogen) atoms. The molecule has 6 rings (SSSR count). The molecule has 3 saturated carbocycles. The second-order valence-corrected chi connectivity index (χ2v) is 9.24. The number of rotatable bonds is 7. The van der Waals surface area contributed by atoms with Crippen LogP contribution in [0.1, 0.15) is 19.3 Å². The minimum Gasteiger partial charge on any atom is -0.484 e. The van der Waals surface area contributed by atoms with Crippen LogP contribution in [0.5, 0.6) is 5.75 Å². The Hall–Kier alpha value is -2.90. The molecule has 0 atom stereocenters. The van der Waals surface area contributed by atoms with Crippen LogP contribution in [0.2, 0.25) is 10.0 Å². The maximum absolute atomic E-state index is 13.5. The van der Waals surface area contributed by atoms with Crippen molar-refractivity contribution >= 4 is 35.1 Å². The first kappa shape index (κ1) is 21.0. The fraction of sp³-hybridized carbons (Fsp3) is 0.261. The SMILES string of the molecule is O=C(COc1ccc(Cl)c(F)c1)NC12CC(Nc3nccc(-c4ccc(Cl)cc4)n3)(C1)C2. The third-order valence-corrected chi connectivity index (χ3v) is 6.43. The zero-order valence-electron chi connectivity index (χ0n) is 16.9. The third kappa shape index (κ3) is 4.10. The summed E-state index contributed by atoms with van der Waals surface area (Å²) in [7, 11) is 0. The summed E-state index contributed by atoms with van der Waals surface area (Å²) in [5.41, 5.74) is 1.43. The number of amides is 1. The summed E-state index contributed by atoms with van der Waals surface area (Å²) >= 11 is 11.6. The van der Waals surface area contributed by atoms with Crippen molar-refractivity contribution in [2.45, 2.75) is 30.3 Å². The molecule has 0 aliphatic heterocycles. The van der Waals surface area contributed by atoms with Crippen molar-refractivity contribution in [2.24, 2.45) is 0 Å². The number of hydrogen-bond acceptors (Lipinski definition) is 5. The predicted molar refractivity (Wildman–Crippen MR) is 120 cm³/mol. The normalized spacial score (nSPS) is 23.0. The van der Waals surface area contributed by atoms with Gasteiger partial charge in [-0.1, -0.05) is 35.3 Å². The summed E-state index contributed by atoms with van der Waals surface area (Å²) < 4.78 is 18.8. The Morgan fingerprint density at radius 3 is 2.53 bits per heavy atom. The molecule has 6 nitrogen and oxygen atoms in total. The summed E-state index contributed by atoms with van der Waals surface area (Å²) in [5.74, 6) is -0.00492. The number of aromatic nitrogens is 2. The molecule has 2 N–H and O–H groups in total. The first-order chi connectivity index (χ1) is 15.3. The molecule has 1 heterocycles. The average Bonchev–Trinajstić information content (AvgIpc) is 2.73. The van der Waals surface area contributed by atoms with Crippen LogP contribution in [0.25, 0.3) is 11.3 Å². The lowest BCUT2D eigenvalue weighted by Crippen LogP contribution is -2.81. The maximum Gasteiger partial charge on any atom is 0.258 e. The van der Waals surface area contributed by atoms with Crippen LogP contribution in [-0.2, 0) is 4.79 Å². The highest BCUT2D eigenvalue weighted by molar-refractivity contribution is 6.31. The van der Waals surface area contributed by atoms with Gasteiger partial charge in [-0.2, -0.15) is 0 Å². The van der Waals surface area contributed by atoms with E-state index in [1.807, 2.05) is 30.3 Å². The number of carbonyl (C=O) groups excluding carboxylic acids is 1. The molecule has 3 aliphatic rings. The van der Waals surface area contributed by atoms with Gasteiger partial charge in [0.1, 0.15) is 11.6 Å². The van der Waals surface area contributed by atoms with Gasteiger partial charge in [0.05, 0.1) is 10.7 Å². The molecule has 2 aromatic carbocycles. The van der Waals surface area contributed by atoms with Crippen LogP contribution >= 0.6 is 23.2 Å². The lowest BCUT2D eigenvalue weighted by atomic mass is 9.44. The number of hydrogen-bond donors (Lipinski definition) is 2. The first-order valence-corrected chi connectivity index (χ1v) is 10.9. The highest BCUT2D eigenvalue weighted by Gasteiger charge is 2.69. The van der Waals surface area contributed by atoms with E-state index in [2.05, 4.69) is 20.6 Å². The lowest BCUT2D eigenvalue weighted by Gasteiger charge is -2.70. The van der Waals surface area contributed by atoms with E-state index in [4.69, 9.17) is 27.9 Å². The molecule has 0 radical (unpaired) electrons. The molecular formula is C23H19Cl2FN4O2. The zero-order valence-corrected chi connectivity index (χ0v) is 18.4. The minimum absolute atomic E-state index is 0.0103. The number of nitrogens with one attached hydrogen (secondary N) is 2. The van der Waals surface area contributed by atoms with Gasteiger partial charge in [-0.25, -0.2) is 14.4 Å². The van der Waals surface area contributed by atoms with Gasteiger partial charge < -0.3 is 15.4 Å². The van der Waals surface area contributed by atoms with E-state index in [9.17, 15) is 9.18 Å². The number of ether oxygens (including phenoxy) is 1. The number of nitrogens with zero attached hydrogens (tertiary/aromatic N) is 2. The van der Waals surface area contributed by atoms with Gasteiger partial charge in [0.25, 0.3) is 5.91 Å². The monoisotopic (exact) mass is 472 g/mol. The van der Waals surface area contributed by atoms with Crippen LogP contribution in [0, 0.1) is 5.82 Å². The van der Waals surface area contributed by atoms with Crippen LogP contribution in [0.4, 0.5) is 10.3 Å². The summed E-state index contributed by atoms with van der Waals surface area (Å²) in [5, 5.41) is 7.14. The Balaban J connectivity index is 1.13. The molecule has 1 aromatic heterocycles. The van der Waals surface area contributed by atoms with Gasteiger partial charge in [-0.05, 0) is 49.6 Å². The van der Waals surface area contributed by atoms with Crippen molar-refractivity contribution in [3.05, 3.63) is 70.6 Å². The van der Waals surface area contributed by atoms with Gasteiger partial charge >= 0.3 is 0 Å². The first-order valence-electron chi connectivity index (χ1n) is 10.1. The Bertz CT molecular complexity index is 1170. The Kier molecular flexibility index (Phi) is 5.18. The van der Waals surface area contributed by atoms with Crippen molar-refractivity contribution < 1.29 is 13.9 Å². The van der Waals surface area contributed by atoms with E-state index in [1.54, 1.807) is 6.20 Å². The molecule has 3 aromatic rings. The second kappa shape index (κ2) is 7.90. The molecule has 164 valence electrons. The third-order valence-electron chi connectivity index (χ3n) is 5.87. The summed E-state index contributed by atoms with van der Waals surface area (Å²) in [6.45, 7) is -0.185. The Morgan fingerprint density at radius 2 is 1.81 bits per heavy atom. The zero-order chi connectivity index (χ0) is 22.3. The molecule has 3 aliphatic carbocycles. The number of halogens is 3. The highest BCUT2D eigenvalue weighted by atomic mass is 35.5. The van der Waals surface area contributed by atoms with Crippen LogP contribution in [0.15, 0.2) is 54.7 Å². The van der Waals surface area contributed by atoms with Gasteiger partial charge in [0, 0.05) is 33.9 Å². The summed E-state index contributed by atoms with van der Waals surface area (Å²) in [6.07, 6.45) is 4.08.